The van der Waals surface area contributed by atoms with Crippen molar-refractivity contribution in [1.82, 2.24) is 34.5 Å². The van der Waals surface area contributed by atoms with Gasteiger partial charge >= 0.3 is 0 Å². The van der Waals surface area contributed by atoms with Crippen LogP contribution < -0.4 is 0 Å². The van der Waals surface area contributed by atoms with Crippen molar-refractivity contribution in [3.05, 3.63) is 54.6 Å². The van der Waals surface area contributed by atoms with Gasteiger partial charge in [0.05, 0.1) is 11.6 Å². The molecule has 0 amide bonds. The van der Waals surface area contributed by atoms with Crippen molar-refractivity contribution in [3.63, 3.8) is 0 Å². The van der Waals surface area contributed by atoms with E-state index < -0.39 is 0 Å². The minimum atomic E-state index is -0.268. The predicted molar refractivity (Wildman–Crippen MR) is 117 cm³/mol. The van der Waals surface area contributed by atoms with E-state index >= 15 is 0 Å². The molecule has 1 fully saturated rings. The van der Waals surface area contributed by atoms with Crippen molar-refractivity contribution in [1.29, 1.82) is 0 Å². The Hall–Kier alpha value is -2.72. The van der Waals surface area contributed by atoms with Crippen molar-refractivity contribution in [2.45, 2.75) is 35.2 Å². The summed E-state index contributed by atoms with van der Waals surface area (Å²) >= 11 is 3.38. The maximum atomic E-state index is 14.4. The topological polar surface area (TPSA) is 74.3 Å². The highest BCUT2D eigenvalue weighted by Gasteiger charge is 2.33. The normalized spacial score (nSPS) is 17.8. The molecule has 2 aliphatic rings. The lowest BCUT2D eigenvalue weighted by Crippen LogP contribution is -2.12. The molecule has 0 spiro atoms. The summed E-state index contributed by atoms with van der Waals surface area (Å²) in [6.07, 6.45) is 5.72. The van der Waals surface area contributed by atoms with E-state index in [9.17, 15) is 4.39 Å². The van der Waals surface area contributed by atoms with Crippen LogP contribution in [-0.2, 0) is 0 Å². The molecule has 31 heavy (non-hydrogen) atoms. The monoisotopic (exact) mass is 451 g/mol. The van der Waals surface area contributed by atoms with Crippen molar-refractivity contribution >= 4 is 23.5 Å². The first-order valence-electron chi connectivity index (χ1n) is 10.1. The molecule has 1 aliphatic heterocycles. The van der Waals surface area contributed by atoms with E-state index in [1.54, 1.807) is 41.9 Å². The smallest absolute Gasteiger partial charge is 0.191 e. The summed E-state index contributed by atoms with van der Waals surface area (Å²) in [6.45, 7) is 0. The van der Waals surface area contributed by atoms with E-state index in [2.05, 4.69) is 34.5 Å². The van der Waals surface area contributed by atoms with Crippen molar-refractivity contribution in [2.75, 3.05) is 11.5 Å². The van der Waals surface area contributed by atoms with Crippen LogP contribution in [0.3, 0.4) is 0 Å². The van der Waals surface area contributed by atoms with E-state index in [0.29, 0.717) is 17.4 Å². The number of pyridine rings is 1. The fraction of sp³-hybridized carbons (Fsp3) is 0.286. The summed E-state index contributed by atoms with van der Waals surface area (Å²) in [4.78, 5) is 4.22. The molecule has 156 valence electrons. The zero-order valence-electron chi connectivity index (χ0n) is 16.4. The van der Waals surface area contributed by atoms with Gasteiger partial charge in [-0.15, -0.1) is 20.4 Å². The summed E-state index contributed by atoms with van der Waals surface area (Å²) < 4.78 is 18.7. The number of nitrogens with zero attached hydrogens (tertiary/aromatic N) is 7. The fourth-order valence-electron chi connectivity index (χ4n) is 3.80. The third-order valence-electron chi connectivity index (χ3n) is 5.45. The first kappa shape index (κ1) is 19.0. The van der Waals surface area contributed by atoms with Crippen LogP contribution in [0.15, 0.2) is 59.1 Å². The third-order valence-corrected chi connectivity index (χ3v) is 7.63. The van der Waals surface area contributed by atoms with Crippen LogP contribution in [0.2, 0.25) is 0 Å². The molecule has 0 N–H and O–H groups in total. The number of halogens is 1. The van der Waals surface area contributed by atoms with E-state index in [-0.39, 0.29) is 11.9 Å². The van der Waals surface area contributed by atoms with Crippen molar-refractivity contribution in [3.8, 4) is 22.8 Å². The second-order valence-electron chi connectivity index (χ2n) is 7.58. The third kappa shape index (κ3) is 3.43. The molecular formula is C21H18FN7S2. The molecule has 10 heteroatoms. The maximum Gasteiger partial charge on any atom is 0.191 e. The lowest BCUT2D eigenvalue weighted by atomic mass is 10.2. The van der Waals surface area contributed by atoms with E-state index in [1.807, 2.05) is 24.4 Å². The Bertz CT molecular complexity index is 1240. The minimum Gasteiger partial charge on any atom is -0.299 e. The zero-order valence-corrected chi connectivity index (χ0v) is 18.1. The number of fused-ring (bicyclic) bond motifs is 1. The van der Waals surface area contributed by atoms with Gasteiger partial charge in [-0.2, -0.15) is 0 Å². The van der Waals surface area contributed by atoms with Gasteiger partial charge in [-0.05, 0) is 37.1 Å². The van der Waals surface area contributed by atoms with Gasteiger partial charge in [0.15, 0.2) is 22.0 Å². The lowest BCUT2D eigenvalue weighted by molar-refractivity contribution is 0.594. The first-order chi connectivity index (χ1) is 15.3. The second kappa shape index (κ2) is 7.76. The minimum absolute atomic E-state index is 0.233. The quantitative estimate of drug-likeness (QED) is 0.399. The van der Waals surface area contributed by atoms with E-state index in [1.165, 1.54) is 6.07 Å². The number of rotatable bonds is 6. The molecule has 3 aromatic heterocycles. The highest BCUT2D eigenvalue weighted by molar-refractivity contribution is 8.00. The zero-order chi connectivity index (χ0) is 20.8. The number of thioether (sulfide) groups is 2. The van der Waals surface area contributed by atoms with Gasteiger partial charge in [-0.1, -0.05) is 35.7 Å². The van der Waals surface area contributed by atoms with E-state index in [0.717, 1.165) is 46.0 Å². The highest BCUT2D eigenvalue weighted by atomic mass is 32.2. The van der Waals surface area contributed by atoms with Gasteiger partial charge in [0, 0.05) is 35.5 Å². The average Bonchev–Trinajstić information content (AvgIpc) is 3.23. The molecule has 0 radical (unpaired) electrons. The van der Waals surface area contributed by atoms with Gasteiger partial charge in [-0.3, -0.25) is 14.1 Å². The first-order valence-corrected chi connectivity index (χ1v) is 12.1. The van der Waals surface area contributed by atoms with E-state index in [4.69, 9.17) is 0 Å². The van der Waals surface area contributed by atoms with Crippen molar-refractivity contribution < 1.29 is 4.39 Å². The molecule has 1 atom stereocenters. The largest absolute Gasteiger partial charge is 0.299 e. The summed E-state index contributed by atoms with van der Waals surface area (Å²) in [5.41, 5.74) is 1.46. The summed E-state index contributed by atoms with van der Waals surface area (Å²) in [7, 11) is 0. The van der Waals surface area contributed by atoms with Crippen molar-refractivity contribution in [2.24, 2.45) is 0 Å². The molecule has 4 aromatic rings. The lowest BCUT2D eigenvalue weighted by Gasteiger charge is -2.15. The predicted octanol–water partition coefficient (Wildman–Crippen LogP) is 4.51. The second-order valence-corrected chi connectivity index (χ2v) is 9.56. The maximum absolute atomic E-state index is 14.4. The molecule has 1 unspecified atom stereocenters. The number of hydrogen-bond acceptors (Lipinski definition) is 7. The van der Waals surface area contributed by atoms with Gasteiger partial charge in [0.25, 0.3) is 0 Å². The Morgan fingerprint density at radius 3 is 2.68 bits per heavy atom. The molecule has 6 rings (SSSR count). The standard InChI is InChI=1S/C21H18FN7S2/c22-17-6-2-1-5-16(17)19-25-27-20(28(19)14-7-8-14)30-11-15-12-31-21-26-24-18(29(15)21)13-4-3-9-23-10-13/h1-6,9-10,14-15H,7-8,11-12H2. The Kier molecular flexibility index (Phi) is 4.76. The molecule has 1 aromatic carbocycles. The average molecular weight is 452 g/mol. The Morgan fingerprint density at radius 2 is 1.87 bits per heavy atom. The highest BCUT2D eigenvalue weighted by Crippen LogP contribution is 2.43. The molecule has 1 aliphatic carbocycles. The molecule has 1 saturated carbocycles. The van der Waals surface area contributed by atoms with Crippen LogP contribution in [0.4, 0.5) is 4.39 Å². The number of benzene rings is 1. The van der Waals surface area contributed by atoms with Crippen LogP contribution in [0.1, 0.15) is 24.9 Å². The van der Waals surface area contributed by atoms with Crippen LogP contribution in [0.25, 0.3) is 22.8 Å². The molecule has 7 nitrogen and oxygen atoms in total. The fourth-order valence-corrected chi connectivity index (χ4v) is 6.11. The molecule has 4 heterocycles. The van der Waals surface area contributed by atoms with Gasteiger partial charge in [0.1, 0.15) is 5.82 Å². The number of aromatic nitrogens is 7. The SMILES string of the molecule is Fc1ccccc1-c1nnc(SCC2CSc3nnc(-c4cccnc4)n32)n1C1CC1. The molecular weight excluding hydrogens is 433 g/mol. The molecule has 0 saturated heterocycles. The van der Waals surface area contributed by atoms with Gasteiger partial charge < -0.3 is 0 Å². The van der Waals surface area contributed by atoms with Crippen LogP contribution in [0, 0.1) is 5.82 Å². The van der Waals surface area contributed by atoms with Gasteiger partial charge in [-0.25, -0.2) is 4.39 Å². The summed E-state index contributed by atoms with van der Waals surface area (Å²) in [6, 6.07) is 11.3. The van der Waals surface area contributed by atoms with Crippen LogP contribution in [-0.4, -0.2) is 46.0 Å². The van der Waals surface area contributed by atoms with Crippen LogP contribution in [0.5, 0.6) is 0 Å². The van der Waals surface area contributed by atoms with Crippen LogP contribution >= 0.6 is 23.5 Å². The summed E-state index contributed by atoms with van der Waals surface area (Å²) in [5.74, 6) is 2.94. The molecule has 0 bridgehead atoms. The number of hydrogen-bond donors (Lipinski definition) is 0. The Morgan fingerprint density at radius 1 is 1.00 bits per heavy atom. The Balaban J connectivity index is 1.28. The summed E-state index contributed by atoms with van der Waals surface area (Å²) in [5, 5.41) is 19.3. The Labute approximate surface area is 186 Å². The van der Waals surface area contributed by atoms with Gasteiger partial charge in [0.2, 0.25) is 0 Å².